The predicted octanol–water partition coefficient (Wildman–Crippen LogP) is 3.41. The molecule has 2 N–H and O–H groups in total. The first-order chi connectivity index (χ1) is 14.0. The average Bonchev–Trinajstić information content (AvgIpc) is 3.43. The Kier molecular flexibility index (Phi) is 5.38. The molecule has 0 spiro atoms. The molecule has 0 aliphatic carbocycles. The molecular formula is C21H21NO6S. The monoisotopic (exact) mass is 415 g/mol. The number of carboxylic acids is 1. The van der Waals surface area contributed by atoms with Crippen LogP contribution in [0.3, 0.4) is 0 Å². The van der Waals surface area contributed by atoms with Crippen LogP contribution in [0.1, 0.15) is 30.1 Å². The van der Waals surface area contributed by atoms with Gasteiger partial charge in [-0.05, 0) is 31.4 Å². The number of hydrogen-bond acceptors (Lipinski definition) is 6. The third-order valence-corrected chi connectivity index (χ3v) is 6.48. The summed E-state index contributed by atoms with van der Waals surface area (Å²) in [4.78, 5) is 37.9. The van der Waals surface area contributed by atoms with E-state index in [1.807, 2.05) is 30.3 Å². The van der Waals surface area contributed by atoms with E-state index in [2.05, 4.69) is 5.32 Å². The lowest BCUT2D eigenvalue weighted by Gasteiger charge is -2.23. The van der Waals surface area contributed by atoms with Gasteiger partial charge in [-0.15, -0.1) is 11.3 Å². The van der Waals surface area contributed by atoms with Gasteiger partial charge in [0.15, 0.2) is 0 Å². The van der Waals surface area contributed by atoms with Gasteiger partial charge >= 0.3 is 11.9 Å². The molecule has 0 unspecified atom stereocenters. The molecule has 1 aromatic heterocycles. The van der Waals surface area contributed by atoms with E-state index in [0.717, 1.165) is 10.4 Å². The SMILES string of the molecule is CCOC(=O)c1cc(-c2ccccc2)sc1NC(=O)[C@H]1[C@@H](C(=O)O)[C@H]2CC[C@@H]1O2. The number of nitrogens with one attached hydrogen (secondary N) is 1. The van der Waals surface area contributed by atoms with Crippen molar-refractivity contribution in [2.45, 2.75) is 32.0 Å². The maximum absolute atomic E-state index is 13.0. The van der Waals surface area contributed by atoms with Crippen LogP contribution in [-0.4, -0.2) is 41.8 Å². The van der Waals surface area contributed by atoms with E-state index in [1.54, 1.807) is 13.0 Å². The summed E-state index contributed by atoms with van der Waals surface area (Å²) in [5.41, 5.74) is 1.18. The zero-order chi connectivity index (χ0) is 20.5. The molecule has 2 fully saturated rings. The van der Waals surface area contributed by atoms with Crippen LogP contribution in [0.25, 0.3) is 10.4 Å². The van der Waals surface area contributed by atoms with Crippen molar-refractivity contribution in [3.05, 3.63) is 42.0 Å². The lowest BCUT2D eigenvalue weighted by Crippen LogP contribution is -2.41. The number of ether oxygens (including phenoxy) is 2. The summed E-state index contributed by atoms with van der Waals surface area (Å²) in [6.07, 6.45) is 0.481. The number of fused-ring (bicyclic) bond motifs is 2. The van der Waals surface area contributed by atoms with Crippen molar-refractivity contribution >= 4 is 34.2 Å². The molecule has 0 radical (unpaired) electrons. The topological polar surface area (TPSA) is 102 Å². The normalized spacial score (nSPS) is 25.0. The Morgan fingerprint density at radius 1 is 1.17 bits per heavy atom. The maximum atomic E-state index is 13.0. The van der Waals surface area contributed by atoms with Gasteiger partial charge in [0, 0.05) is 4.88 Å². The standard InChI is InChI=1S/C21H21NO6S/c1-2-27-21(26)12-10-15(11-6-4-3-5-7-11)29-19(12)22-18(23)16-13-8-9-14(28-13)17(16)20(24)25/h3-7,10,13-14,16-17H,2,8-9H2,1H3,(H,22,23)(H,24,25)/t13-,14+,16+,17-/m0/s1. The van der Waals surface area contributed by atoms with Crippen LogP contribution in [0.5, 0.6) is 0 Å². The number of thiophene rings is 1. The third kappa shape index (κ3) is 3.65. The van der Waals surface area contributed by atoms with Gasteiger partial charge in [0.1, 0.15) is 5.00 Å². The summed E-state index contributed by atoms with van der Waals surface area (Å²) in [6.45, 7) is 1.93. The molecule has 29 heavy (non-hydrogen) atoms. The van der Waals surface area contributed by atoms with Crippen molar-refractivity contribution in [3.8, 4) is 10.4 Å². The van der Waals surface area contributed by atoms with Gasteiger partial charge in [0.05, 0.1) is 36.2 Å². The van der Waals surface area contributed by atoms with Gasteiger partial charge in [0.25, 0.3) is 0 Å². The largest absolute Gasteiger partial charge is 0.481 e. The average molecular weight is 415 g/mol. The summed E-state index contributed by atoms with van der Waals surface area (Å²) >= 11 is 1.26. The Labute approximate surface area is 171 Å². The highest BCUT2D eigenvalue weighted by molar-refractivity contribution is 7.20. The van der Waals surface area contributed by atoms with E-state index < -0.39 is 41.9 Å². The molecule has 2 saturated heterocycles. The van der Waals surface area contributed by atoms with Crippen molar-refractivity contribution in [2.24, 2.45) is 11.8 Å². The summed E-state index contributed by atoms with van der Waals surface area (Å²) in [7, 11) is 0. The lowest BCUT2D eigenvalue weighted by atomic mass is 9.79. The molecule has 2 aliphatic heterocycles. The molecule has 8 heteroatoms. The molecule has 1 amide bonds. The van der Waals surface area contributed by atoms with Crippen LogP contribution < -0.4 is 5.32 Å². The Bertz CT molecular complexity index is 940. The van der Waals surface area contributed by atoms with E-state index in [1.165, 1.54) is 11.3 Å². The number of esters is 1. The minimum atomic E-state index is -1.03. The number of benzene rings is 1. The highest BCUT2D eigenvalue weighted by Crippen LogP contribution is 2.45. The highest BCUT2D eigenvalue weighted by atomic mass is 32.1. The molecular weight excluding hydrogens is 394 g/mol. The number of carbonyl (C=O) groups is 3. The summed E-state index contributed by atoms with van der Waals surface area (Å²) in [5, 5.41) is 12.7. The van der Waals surface area contributed by atoms with Crippen LogP contribution >= 0.6 is 11.3 Å². The van der Waals surface area contributed by atoms with Gasteiger partial charge in [-0.2, -0.15) is 0 Å². The highest BCUT2D eigenvalue weighted by Gasteiger charge is 2.55. The molecule has 4 rings (SSSR count). The number of hydrogen-bond donors (Lipinski definition) is 2. The number of carboxylic acid groups (broad SMARTS) is 1. The van der Waals surface area contributed by atoms with E-state index in [0.29, 0.717) is 17.8 Å². The second-order valence-corrected chi connectivity index (χ2v) is 8.16. The Balaban J connectivity index is 1.63. The molecule has 1 aromatic carbocycles. The van der Waals surface area contributed by atoms with E-state index >= 15 is 0 Å². The summed E-state index contributed by atoms with van der Waals surface area (Å²) in [5.74, 6) is -3.63. The minimum absolute atomic E-state index is 0.212. The fourth-order valence-electron chi connectivity index (χ4n) is 4.11. The molecule has 4 atom stereocenters. The van der Waals surface area contributed by atoms with Crippen molar-refractivity contribution in [3.63, 3.8) is 0 Å². The summed E-state index contributed by atoms with van der Waals surface area (Å²) < 4.78 is 10.8. The number of carbonyl (C=O) groups excluding carboxylic acids is 2. The Morgan fingerprint density at radius 2 is 1.86 bits per heavy atom. The fourth-order valence-corrected chi connectivity index (χ4v) is 5.16. The van der Waals surface area contributed by atoms with Crippen LogP contribution in [-0.2, 0) is 19.1 Å². The molecule has 0 saturated carbocycles. The zero-order valence-corrected chi connectivity index (χ0v) is 16.6. The maximum Gasteiger partial charge on any atom is 0.341 e. The number of amides is 1. The molecule has 152 valence electrons. The first-order valence-corrected chi connectivity index (χ1v) is 10.4. The van der Waals surface area contributed by atoms with Gasteiger partial charge in [-0.3, -0.25) is 9.59 Å². The lowest BCUT2D eigenvalue weighted by molar-refractivity contribution is -0.147. The zero-order valence-electron chi connectivity index (χ0n) is 15.8. The smallest absolute Gasteiger partial charge is 0.341 e. The Morgan fingerprint density at radius 3 is 2.52 bits per heavy atom. The Hall–Kier alpha value is -2.71. The number of anilines is 1. The summed E-state index contributed by atoms with van der Waals surface area (Å²) in [6, 6.07) is 11.2. The van der Waals surface area contributed by atoms with Crippen LogP contribution in [0.15, 0.2) is 36.4 Å². The fraction of sp³-hybridized carbons (Fsp3) is 0.381. The minimum Gasteiger partial charge on any atom is -0.481 e. The van der Waals surface area contributed by atoms with Crippen molar-refractivity contribution in [2.75, 3.05) is 11.9 Å². The molecule has 2 aromatic rings. The third-order valence-electron chi connectivity index (χ3n) is 5.38. The van der Waals surface area contributed by atoms with Gasteiger partial charge < -0.3 is 19.9 Å². The first-order valence-electron chi connectivity index (χ1n) is 9.55. The second kappa shape index (κ2) is 7.96. The number of rotatable bonds is 6. The first kappa shape index (κ1) is 19.6. The molecule has 2 aliphatic rings. The van der Waals surface area contributed by atoms with E-state index in [9.17, 15) is 19.5 Å². The number of aliphatic carboxylic acids is 1. The second-order valence-electron chi connectivity index (χ2n) is 7.11. The van der Waals surface area contributed by atoms with Crippen LogP contribution in [0.2, 0.25) is 0 Å². The van der Waals surface area contributed by atoms with E-state index in [-0.39, 0.29) is 12.2 Å². The van der Waals surface area contributed by atoms with Crippen molar-refractivity contribution in [1.29, 1.82) is 0 Å². The molecule has 2 bridgehead atoms. The quantitative estimate of drug-likeness (QED) is 0.701. The van der Waals surface area contributed by atoms with Crippen molar-refractivity contribution in [1.82, 2.24) is 0 Å². The van der Waals surface area contributed by atoms with Crippen LogP contribution in [0, 0.1) is 11.8 Å². The molecule has 3 heterocycles. The van der Waals surface area contributed by atoms with Gasteiger partial charge in [-0.25, -0.2) is 4.79 Å². The van der Waals surface area contributed by atoms with Gasteiger partial charge in [0.2, 0.25) is 5.91 Å². The predicted molar refractivity (Wildman–Crippen MR) is 107 cm³/mol. The van der Waals surface area contributed by atoms with Gasteiger partial charge in [-0.1, -0.05) is 30.3 Å². The molecule has 7 nitrogen and oxygen atoms in total. The van der Waals surface area contributed by atoms with Crippen molar-refractivity contribution < 1.29 is 29.0 Å². The van der Waals surface area contributed by atoms with E-state index in [4.69, 9.17) is 9.47 Å². The van der Waals surface area contributed by atoms with Crippen LogP contribution in [0.4, 0.5) is 5.00 Å².